The monoisotopic (exact) mass is 304 g/mol. The molecule has 3 N–H and O–H groups in total. The van der Waals surface area contributed by atoms with Crippen molar-refractivity contribution in [1.82, 2.24) is 20.1 Å². The van der Waals surface area contributed by atoms with Gasteiger partial charge in [-0.25, -0.2) is 4.98 Å². The minimum atomic E-state index is -0.0410. The lowest BCUT2D eigenvalue weighted by Gasteiger charge is -2.09. The number of nitrogens with one attached hydrogen (secondary N) is 1. The fourth-order valence-electron chi connectivity index (χ4n) is 2.39. The molecule has 0 aliphatic carbocycles. The van der Waals surface area contributed by atoms with Crippen LogP contribution in [0.4, 0.5) is 11.8 Å². The van der Waals surface area contributed by atoms with Crippen LogP contribution in [0.5, 0.6) is 0 Å². The molecule has 0 spiro atoms. The van der Waals surface area contributed by atoms with E-state index in [9.17, 15) is 0 Å². The first-order valence-electron chi connectivity index (χ1n) is 7.42. The number of hydrogen-bond acceptors (Lipinski definition) is 8. The lowest BCUT2D eigenvalue weighted by Crippen LogP contribution is -2.11. The van der Waals surface area contributed by atoms with Gasteiger partial charge in [0.05, 0.1) is 0 Å². The number of nitrogens with zero attached hydrogens (tertiary/aromatic N) is 4. The second kappa shape index (κ2) is 6.27. The number of aromatic nitrogens is 4. The van der Waals surface area contributed by atoms with Crippen molar-refractivity contribution in [3.63, 3.8) is 0 Å². The molecule has 118 valence electrons. The Morgan fingerprint density at radius 1 is 1.27 bits per heavy atom. The van der Waals surface area contributed by atoms with E-state index in [-0.39, 0.29) is 12.1 Å². The summed E-state index contributed by atoms with van der Waals surface area (Å²) in [5.74, 6) is 2.25. The lowest BCUT2D eigenvalue weighted by molar-refractivity contribution is 0.0835. The minimum Gasteiger partial charge on any atom is -0.369 e. The molecule has 8 nitrogen and oxygen atoms in total. The second-order valence-corrected chi connectivity index (χ2v) is 5.37. The molecule has 3 rings (SSSR count). The zero-order valence-corrected chi connectivity index (χ0v) is 12.8. The number of ether oxygens (including phenoxy) is 1. The van der Waals surface area contributed by atoms with Crippen molar-refractivity contribution in [3.05, 3.63) is 23.0 Å². The number of nitrogen functional groups attached to an aromatic ring is 1. The van der Waals surface area contributed by atoms with Crippen LogP contribution in [0.15, 0.2) is 4.52 Å². The highest BCUT2D eigenvalue weighted by Gasteiger charge is 2.23. The van der Waals surface area contributed by atoms with Gasteiger partial charge in [0.2, 0.25) is 5.95 Å². The Hall–Kier alpha value is -2.22. The summed E-state index contributed by atoms with van der Waals surface area (Å²) in [6, 6.07) is 0. The van der Waals surface area contributed by atoms with E-state index < -0.39 is 0 Å². The molecule has 0 saturated carbocycles. The van der Waals surface area contributed by atoms with Gasteiger partial charge in [-0.1, -0.05) is 5.16 Å². The molecule has 1 fully saturated rings. The largest absolute Gasteiger partial charge is 0.369 e. The third-order valence-corrected chi connectivity index (χ3v) is 3.74. The summed E-state index contributed by atoms with van der Waals surface area (Å²) in [7, 11) is 0. The van der Waals surface area contributed by atoms with Gasteiger partial charge in [-0.15, -0.1) is 0 Å². The molecule has 2 aromatic heterocycles. The standard InChI is InChI=1S/C14H20N6O2/c1-8-9(2)17-14(15)19-12(8)16-6-5-11-18-13(22-20-11)10-4-3-7-21-10/h10H,3-7H2,1-2H3,(H3,15,16,17,19). The van der Waals surface area contributed by atoms with Crippen LogP contribution in [0.1, 0.15) is 41.9 Å². The summed E-state index contributed by atoms with van der Waals surface area (Å²) in [5, 5.41) is 7.22. The van der Waals surface area contributed by atoms with Gasteiger partial charge in [-0.3, -0.25) is 0 Å². The summed E-state index contributed by atoms with van der Waals surface area (Å²) in [6.07, 6.45) is 2.58. The predicted octanol–water partition coefficient (Wildman–Crippen LogP) is 1.56. The van der Waals surface area contributed by atoms with Crippen LogP contribution in [-0.4, -0.2) is 33.3 Å². The molecule has 1 atom stereocenters. The number of hydrogen-bond donors (Lipinski definition) is 2. The van der Waals surface area contributed by atoms with Gasteiger partial charge >= 0.3 is 0 Å². The molecule has 1 aliphatic heterocycles. The molecule has 1 aliphatic rings. The first-order valence-corrected chi connectivity index (χ1v) is 7.42. The van der Waals surface area contributed by atoms with Gasteiger partial charge in [-0.2, -0.15) is 9.97 Å². The van der Waals surface area contributed by atoms with Crippen LogP contribution in [0.2, 0.25) is 0 Å². The predicted molar refractivity (Wildman–Crippen MR) is 80.3 cm³/mol. The fraction of sp³-hybridized carbons (Fsp3) is 0.571. The van der Waals surface area contributed by atoms with Gasteiger partial charge in [0.25, 0.3) is 5.89 Å². The van der Waals surface area contributed by atoms with Crippen LogP contribution in [0.3, 0.4) is 0 Å². The first kappa shape index (κ1) is 14.7. The molecule has 1 saturated heterocycles. The molecule has 8 heteroatoms. The van der Waals surface area contributed by atoms with Gasteiger partial charge in [0.15, 0.2) is 5.82 Å². The molecule has 0 aromatic carbocycles. The van der Waals surface area contributed by atoms with Crippen molar-refractivity contribution >= 4 is 11.8 Å². The molecule has 22 heavy (non-hydrogen) atoms. The summed E-state index contributed by atoms with van der Waals surface area (Å²) >= 11 is 0. The SMILES string of the molecule is Cc1nc(N)nc(NCCc2noc(C3CCCO3)n2)c1C. The first-order chi connectivity index (χ1) is 10.6. The number of aryl methyl sites for hydroxylation is 1. The van der Waals surface area contributed by atoms with Gasteiger partial charge in [0.1, 0.15) is 11.9 Å². The molecular weight excluding hydrogens is 284 g/mol. The van der Waals surface area contributed by atoms with E-state index >= 15 is 0 Å². The highest BCUT2D eigenvalue weighted by Crippen LogP contribution is 2.26. The Kier molecular flexibility index (Phi) is 4.19. The van der Waals surface area contributed by atoms with E-state index in [0.29, 0.717) is 24.7 Å². The summed E-state index contributed by atoms with van der Waals surface area (Å²) < 4.78 is 10.8. The van der Waals surface area contributed by atoms with Crippen LogP contribution >= 0.6 is 0 Å². The van der Waals surface area contributed by atoms with Crippen molar-refractivity contribution in [3.8, 4) is 0 Å². The van der Waals surface area contributed by atoms with E-state index in [1.165, 1.54) is 0 Å². The van der Waals surface area contributed by atoms with Crippen LogP contribution in [0.25, 0.3) is 0 Å². The van der Waals surface area contributed by atoms with E-state index in [1.807, 2.05) is 13.8 Å². The molecule has 1 unspecified atom stereocenters. The van der Waals surface area contributed by atoms with Crippen molar-refractivity contribution in [2.75, 3.05) is 24.2 Å². The van der Waals surface area contributed by atoms with E-state index in [4.69, 9.17) is 15.0 Å². The van der Waals surface area contributed by atoms with E-state index in [0.717, 1.165) is 36.5 Å². The Morgan fingerprint density at radius 2 is 2.14 bits per heavy atom. The maximum Gasteiger partial charge on any atom is 0.255 e. The highest BCUT2D eigenvalue weighted by molar-refractivity contribution is 5.48. The zero-order valence-electron chi connectivity index (χ0n) is 12.8. The molecule has 2 aromatic rings. The van der Waals surface area contributed by atoms with Crippen LogP contribution in [0, 0.1) is 13.8 Å². The van der Waals surface area contributed by atoms with Crippen LogP contribution in [-0.2, 0) is 11.2 Å². The summed E-state index contributed by atoms with van der Waals surface area (Å²) in [6.45, 7) is 5.27. The third-order valence-electron chi connectivity index (χ3n) is 3.74. The number of rotatable bonds is 5. The molecule has 0 bridgehead atoms. The lowest BCUT2D eigenvalue weighted by atomic mass is 10.2. The molecule has 3 heterocycles. The normalized spacial score (nSPS) is 17.8. The van der Waals surface area contributed by atoms with Crippen molar-refractivity contribution < 1.29 is 9.26 Å². The number of nitrogens with two attached hydrogens (primary N) is 1. The maximum atomic E-state index is 5.67. The Morgan fingerprint density at radius 3 is 2.91 bits per heavy atom. The molecular formula is C14H20N6O2. The third kappa shape index (κ3) is 3.16. The molecule has 0 amide bonds. The zero-order chi connectivity index (χ0) is 15.5. The minimum absolute atomic E-state index is 0.0410. The van der Waals surface area contributed by atoms with E-state index in [1.54, 1.807) is 0 Å². The average Bonchev–Trinajstić information content (AvgIpc) is 3.14. The Labute approximate surface area is 128 Å². The second-order valence-electron chi connectivity index (χ2n) is 5.37. The highest BCUT2D eigenvalue weighted by atomic mass is 16.5. The van der Waals surface area contributed by atoms with E-state index in [2.05, 4.69) is 25.4 Å². The van der Waals surface area contributed by atoms with Gasteiger partial charge in [0, 0.05) is 30.8 Å². The van der Waals surface area contributed by atoms with Crippen molar-refractivity contribution in [2.24, 2.45) is 0 Å². The Balaban J connectivity index is 1.57. The Bertz CT molecular complexity index is 651. The fourth-order valence-corrected chi connectivity index (χ4v) is 2.39. The van der Waals surface area contributed by atoms with Crippen LogP contribution < -0.4 is 11.1 Å². The quantitative estimate of drug-likeness (QED) is 0.856. The summed E-state index contributed by atoms with van der Waals surface area (Å²) in [4.78, 5) is 12.7. The maximum absolute atomic E-state index is 5.67. The summed E-state index contributed by atoms with van der Waals surface area (Å²) in [5.41, 5.74) is 7.53. The average molecular weight is 304 g/mol. The van der Waals surface area contributed by atoms with Gasteiger partial charge in [-0.05, 0) is 26.7 Å². The van der Waals surface area contributed by atoms with Crippen molar-refractivity contribution in [2.45, 2.75) is 39.2 Å². The molecule has 0 radical (unpaired) electrons. The number of anilines is 2. The van der Waals surface area contributed by atoms with Crippen molar-refractivity contribution in [1.29, 1.82) is 0 Å². The smallest absolute Gasteiger partial charge is 0.255 e. The van der Waals surface area contributed by atoms with Gasteiger partial charge < -0.3 is 20.3 Å². The topological polar surface area (TPSA) is 112 Å².